The largest absolute Gasteiger partial charge is 0.339 e. The standard InChI is InChI=1S/C20H22N4O5S2/c1-16(22-30(26,27)18-8-3-2-4-9-18)20(25)23-11-13-24(14-12-23)31(28,29)19-10-6-5-7-17(19)15-21/h2-10,16,22H,11-14H2,1H3/t16-/m0/s1. The van der Waals surface area contributed by atoms with Crippen LogP contribution in [0.2, 0.25) is 0 Å². The van der Waals surface area contributed by atoms with Crippen molar-refractivity contribution in [3.05, 3.63) is 60.2 Å². The Morgan fingerprint density at radius 1 is 0.968 bits per heavy atom. The Balaban J connectivity index is 1.65. The molecule has 1 atom stereocenters. The van der Waals surface area contributed by atoms with Crippen molar-refractivity contribution in [1.29, 1.82) is 5.26 Å². The Morgan fingerprint density at radius 3 is 2.16 bits per heavy atom. The summed E-state index contributed by atoms with van der Waals surface area (Å²) in [6, 6.07) is 14.6. The van der Waals surface area contributed by atoms with Gasteiger partial charge in [0.15, 0.2) is 0 Å². The first-order valence-electron chi connectivity index (χ1n) is 9.52. The SMILES string of the molecule is C[C@H](NS(=O)(=O)c1ccccc1)C(=O)N1CCN(S(=O)(=O)c2ccccc2C#N)CC1. The molecule has 1 heterocycles. The molecule has 2 aromatic rings. The van der Waals surface area contributed by atoms with Crippen molar-refractivity contribution in [2.24, 2.45) is 0 Å². The Bertz CT molecular complexity index is 1200. The first kappa shape index (κ1) is 22.9. The van der Waals surface area contributed by atoms with E-state index in [1.54, 1.807) is 30.3 Å². The second-order valence-electron chi connectivity index (χ2n) is 6.99. The van der Waals surface area contributed by atoms with Gasteiger partial charge in [-0.2, -0.15) is 14.3 Å². The van der Waals surface area contributed by atoms with Crippen LogP contribution < -0.4 is 4.72 Å². The molecule has 0 bridgehead atoms. The van der Waals surface area contributed by atoms with Gasteiger partial charge in [0, 0.05) is 26.2 Å². The lowest BCUT2D eigenvalue weighted by atomic mass is 10.2. The van der Waals surface area contributed by atoms with E-state index in [4.69, 9.17) is 0 Å². The molecule has 3 rings (SSSR count). The maximum atomic E-state index is 12.9. The molecule has 0 unspecified atom stereocenters. The number of hydrogen-bond acceptors (Lipinski definition) is 6. The minimum atomic E-state index is -3.88. The number of rotatable bonds is 6. The molecule has 0 radical (unpaired) electrons. The number of nitrogens with one attached hydrogen (secondary N) is 1. The van der Waals surface area contributed by atoms with Crippen LogP contribution in [0.3, 0.4) is 0 Å². The third-order valence-corrected chi connectivity index (χ3v) is 8.44. The van der Waals surface area contributed by atoms with Gasteiger partial charge in [0.25, 0.3) is 0 Å². The topological polar surface area (TPSA) is 128 Å². The van der Waals surface area contributed by atoms with Gasteiger partial charge in [-0.3, -0.25) is 4.79 Å². The third kappa shape index (κ3) is 4.94. The van der Waals surface area contributed by atoms with Crippen LogP contribution in [0.15, 0.2) is 64.4 Å². The van der Waals surface area contributed by atoms with E-state index in [0.717, 1.165) is 0 Å². The van der Waals surface area contributed by atoms with Crippen LogP contribution in [-0.2, 0) is 24.8 Å². The molecule has 0 aromatic heterocycles. The average Bonchev–Trinajstić information content (AvgIpc) is 2.79. The number of amides is 1. The fraction of sp³-hybridized carbons (Fsp3) is 0.300. The van der Waals surface area contributed by atoms with Gasteiger partial charge in [-0.25, -0.2) is 16.8 Å². The Morgan fingerprint density at radius 2 is 1.55 bits per heavy atom. The summed E-state index contributed by atoms with van der Waals surface area (Å²) < 4.78 is 54.3. The second-order valence-corrected chi connectivity index (χ2v) is 10.6. The molecule has 2 aromatic carbocycles. The van der Waals surface area contributed by atoms with Crippen LogP contribution >= 0.6 is 0 Å². The van der Waals surface area contributed by atoms with Crippen molar-refractivity contribution in [1.82, 2.24) is 13.9 Å². The van der Waals surface area contributed by atoms with Crippen molar-refractivity contribution >= 4 is 26.0 Å². The molecule has 1 aliphatic heterocycles. The molecule has 1 N–H and O–H groups in total. The van der Waals surface area contributed by atoms with Gasteiger partial charge in [-0.15, -0.1) is 0 Å². The van der Waals surface area contributed by atoms with E-state index in [9.17, 15) is 26.9 Å². The number of benzene rings is 2. The molecule has 9 nitrogen and oxygen atoms in total. The van der Waals surface area contributed by atoms with Gasteiger partial charge in [0.2, 0.25) is 26.0 Å². The number of nitriles is 1. The molecule has 0 spiro atoms. The van der Waals surface area contributed by atoms with Gasteiger partial charge in [0.05, 0.1) is 21.4 Å². The minimum Gasteiger partial charge on any atom is -0.339 e. The number of piperazine rings is 1. The summed E-state index contributed by atoms with van der Waals surface area (Å²) in [5.74, 6) is -0.436. The Kier molecular flexibility index (Phi) is 6.76. The number of nitrogens with zero attached hydrogens (tertiary/aromatic N) is 3. The van der Waals surface area contributed by atoms with Gasteiger partial charge in [-0.05, 0) is 31.2 Å². The quantitative estimate of drug-likeness (QED) is 0.675. The molecule has 0 saturated carbocycles. The predicted octanol–water partition coefficient (Wildman–Crippen LogP) is 0.758. The summed E-state index contributed by atoms with van der Waals surface area (Å²) in [5, 5.41) is 9.19. The van der Waals surface area contributed by atoms with E-state index in [-0.39, 0.29) is 41.5 Å². The first-order chi connectivity index (χ1) is 14.7. The van der Waals surface area contributed by atoms with Gasteiger partial charge >= 0.3 is 0 Å². The van der Waals surface area contributed by atoms with Crippen molar-refractivity contribution in [2.75, 3.05) is 26.2 Å². The first-order valence-corrected chi connectivity index (χ1v) is 12.4. The highest BCUT2D eigenvalue weighted by molar-refractivity contribution is 7.89. The Hall–Kier alpha value is -2.78. The van der Waals surface area contributed by atoms with Crippen LogP contribution in [0.25, 0.3) is 0 Å². The summed E-state index contributed by atoms with van der Waals surface area (Å²) in [4.78, 5) is 14.1. The molecule has 0 aliphatic carbocycles. The van der Waals surface area contributed by atoms with Crippen LogP contribution in [0.1, 0.15) is 12.5 Å². The molecule has 1 fully saturated rings. The fourth-order valence-electron chi connectivity index (χ4n) is 3.30. The maximum absolute atomic E-state index is 12.9. The number of hydrogen-bond donors (Lipinski definition) is 1. The molecule has 31 heavy (non-hydrogen) atoms. The minimum absolute atomic E-state index is 0.0476. The van der Waals surface area contributed by atoms with Gasteiger partial charge in [-0.1, -0.05) is 30.3 Å². The molecular formula is C20H22N4O5S2. The maximum Gasteiger partial charge on any atom is 0.244 e. The zero-order valence-corrected chi connectivity index (χ0v) is 18.4. The molecular weight excluding hydrogens is 440 g/mol. The predicted molar refractivity (Wildman–Crippen MR) is 113 cm³/mol. The molecule has 1 aliphatic rings. The van der Waals surface area contributed by atoms with E-state index in [1.165, 1.54) is 40.4 Å². The lowest BCUT2D eigenvalue weighted by Crippen LogP contribution is -2.55. The van der Waals surface area contributed by atoms with E-state index in [0.29, 0.717) is 0 Å². The van der Waals surface area contributed by atoms with Crippen molar-refractivity contribution < 1.29 is 21.6 Å². The van der Waals surface area contributed by atoms with Crippen molar-refractivity contribution in [2.45, 2.75) is 22.8 Å². The second kappa shape index (κ2) is 9.15. The molecule has 1 saturated heterocycles. The van der Waals surface area contributed by atoms with Crippen molar-refractivity contribution in [3.63, 3.8) is 0 Å². The zero-order valence-electron chi connectivity index (χ0n) is 16.8. The molecule has 1 amide bonds. The van der Waals surface area contributed by atoms with Crippen LogP contribution in [0.5, 0.6) is 0 Å². The van der Waals surface area contributed by atoms with E-state index in [2.05, 4.69) is 4.72 Å². The number of carbonyl (C=O) groups excluding carboxylic acids is 1. The third-order valence-electron chi connectivity index (χ3n) is 4.93. The van der Waals surface area contributed by atoms with Crippen LogP contribution in [-0.4, -0.2) is 64.2 Å². The zero-order chi connectivity index (χ0) is 22.6. The number of carbonyl (C=O) groups is 1. The van der Waals surface area contributed by atoms with E-state index in [1.807, 2.05) is 6.07 Å². The molecule has 164 valence electrons. The highest BCUT2D eigenvalue weighted by atomic mass is 32.2. The van der Waals surface area contributed by atoms with E-state index >= 15 is 0 Å². The van der Waals surface area contributed by atoms with Crippen LogP contribution in [0, 0.1) is 11.3 Å². The fourth-order valence-corrected chi connectivity index (χ4v) is 6.08. The lowest BCUT2D eigenvalue weighted by molar-refractivity contribution is -0.133. The smallest absolute Gasteiger partial charge is 0.244 e. The average molecular weight is 463 g/mol. The van der Waals surface area contributed by atoms with Gasteiger partial charge in [0.1, 0.15) is 6.07 Å². The summed E-state index contributed by atoms with van der Waals surface area (Å²) in [6.07, 6.45) is 0. The van der Waals surface area contributed by atoms with Crippen LogP contribution in [0.4, 0.5) is 0 Å². The Labute approximate surface area is 182 Å². The highest BCUT2D eigenvalue weighted by Crippen LogP contribution is 2.21. The highest BCUT2D eigenvalue weighted by Gasteiger charge is 2.33. The van der Waals surface area contributed by atoms with Crippen molar-refractivity contribution in [3.8, 4) is 6.07 Å². The van der Waals surface area contributed by atoms with Gasteiger partial charge < -0.3 is 4.90 Å². The normalized spacial score (nSPS) is 16.5. The summed E-state index contributed by atoms with van der Waals surface area (Å²) in [7, 11) is -7.73. The summed E-state index contributed by atoms with van der Waals surface area (Å²) in [5.41, 5.74) is 0.0601. The number of sulfonamides is 2. The monoisotopic (exact) mass is 462 g/mol. The molecule has 11 heteroatoms. The summed E-state index contributed by atoms with van der Waals surface area (Å²) in [6.45, 7) is 1.78. The summed E-state index contributed by atoms with van der Waals surface area (Å²) >= 11 is 0. The van der Waals surface area contributed by atoms with E-state index < -0.39 is 32.0 Å². The lowest BCUT2D eigenvalue weighted by Gasteiger charge is -2.35.